The average molecular weight is 455 g/mol. The second kappa shape index (κ2) is 8.08. The molecule has 3 N–H and O–H groups in total. The van der Waals surface area contributed by atoms with Crippen LogP contribution in [-0.2, 0) is 10.0 Å². The number of nitrogens with zero attached hydrogens (tertiary/aromatic N) is 4. The van der Waals surface area contributed by atoms with Gasteiger partial charge in [-0.15, -0.1) is 16.5 Å². The fourth-order valence-corrected chi connectivity index (χ4v) is 4.50. The maximum Gasteiger partial charge on any atom is 0.339 e. The molecular weight excluding hydrogens is 442 g/mol. The lowest BCUT2D eigenvalue weighted by Gasteiger charge is -2.07. The number of carboxylic acid groups (broad SMARTS) is 1. The number of nitrogens with one attached hydrogen (secondary N) is 1. The SMILES string of the molecule is O=C(O)c1cc(N=Nc2ccc(S(=O)(=O)Nc3nccs3)cc2)c2cccnc2c1O. The number of azo groups is 1. The van der Waals surface area contributed by atoms with Crippen LogP contribution in [0.2, 0.25) is 0 Å². The van der Waals surface area contributed by atoms with Crippen LogP contribution in [0.25, 0.3) is 10.9 Å². The van der Waals surface area contributed by atoms with Crippen molar-refractivity contribution in [3.63, 3.8) is 0 Å². The predicted molar refractivity (Wildman–Crippen MR) is 114 cm³/mol. The van der Waals surface area contributed by atoms with E-state index in [9.17, 15) is 23.4 Å². The first-order valence-corrected chi connectivity index (χ1v) is 11.0. The Morgan fingerprint density at radius 2 is 1.84 bits per heavy atom. The molecule has 12 heteroatoms. The third-order valence-corrected chi connectivity index (χ3v) is 6.32. The number of fused-ring (bicyclic) bond motifs is 1. The molecule has 0 saturated carbocycles. The minimum Gasteiger partial charge on any atom is -0.505 e. The number of carbonyl (C=O) groups is 1. The Hall–Kier alpha value is -3.90. The zero-order valence-corrected chi connectivity index (χ0v) is 17.1. The molecule has 0 radical (unpaired) electrons. The third kappa shape index (κ3) is 4.20. The second-order valence-electron chi connectivity index (χ2n) is 6.13. The molecule has 31 heavy (non-hydrogen) atoms. The molecule has 0 amide bonds. The number of hydrogen-bond acceptors (Lipinski definition) is 9. The summed E-state index contributed by atoms with van der Waals surface area (Å²) in [7, 11) is -3.79. The molecular formula is C19H13N5O5S2. The van der Waals surface area contributed by atoms with Gasteiger partial charge < -0.3 is 10.2 Å². The summed E-state index contributed by atoms with van der Waals surface area (Å²) >= 11 is 1.16. The summed E-state index contributed by atoms with van der Waals surface area (Å²) in [5, 5.41) is 29.9. The van der Waals surface area contributed by atoms with Crippen molar-refractivity contribution in [2.24, 2.45) is 10.2 Å². The van der Waals surface area contributed by atoms with Gasteiger partial charge in [-0.05, 0) is 42.5 Å². The summed E-state index contributed by atoms with van der Waals surface area (Å²) < 4.78 is 27.1. The van der Waals surface area contributed by atoms with Crippen LogP contribution in [0.5, 0.6) is 5.75 Å². The number of aromatic nitrogens is 2. The average Bonchev–Trinajstić information content (AvgIpc) is 3.26. The Morgan fingerprint density at radius 3 is 2.52 bits per heavy atom. The Labute approximate surface area is 179 Å². The standard InChI is InChI=1S/C19H13N5O5S2/c25-17-14(18(26)27)10-15(13-2-1-7-20-16(13)17)23-22-11-3-5-12(6-4-11)31(28,29)24-19-21-8-9-30-19/h1-10,25H,(H,21,24)(H,26,27). The summed E-state index contributed by atoms with van der Waals surface area (Å²) in [6.45, 7) is 0. The third-order valence-electron chi connectivity index (χ3n) is 4.15. The minimum absolute atomic E-state index is 0.0223. The van der Waals surface area contributed by atoms with Gasteiger partial charge in [-0.3, -0.25) is 9.71 Å². The topological polar surface area (TPSA) is 154 Å². The highest BCUT2D eigenvalue weighted by molar-refractivity contribution is 7.93. The number of thiazole rings is 1. The highest BCUT2D eigenvalue weighted by Gasteiger charge is 2.18. The van der Waals surface area contributed by atoms with Gasteiger partial charge in [-0.1, -0.05) is 0 Å². The predicted octanol–water partition coefficient (Wildman–Crippen LogP) is 4.31. The molecule has 0 aliphatic rings. The molecule has 156 valence electrons. The van der Waals surface area contributed by atoms with Crippen LogP contribution < -0.4 is 4.72 Å². The molecule has 4 rings (SSSR count). The summed E-state index contributed by atoms with van der Waals surface area (Å²) in [5.74, 6) is -1.78. The Balaban J connectivity index is 1.64. The van der Waals surface area contributed by atoms with Gasteiger partial charge in [0.25, 0.3) is 10.0 Å². The first-order chi connectivity index (χ1) is 14.8. The molecule has 0 unspecified atom stereocenters. The number of carboxylic acids is 1. The largest absolute Gasteiger partial charge is 0.505 e. The number of pyridine rings is 1. The van der Waals surface area contributed by atoms with Gasteiger partial charge in [0.2, 0.25) is 0 Å². The van der Waals surface area contributed by atoms with E-state index < -0.39 is 21.7 Å². The van der Waals surface area contributed by atoms with Crippen molar-refractivity contribution < 1.29 is 23.4 Å². The molecule has 2 aromatic heterocycles. The van der Waals surface area contributed by atoms with Crippen molar-refractivity contribution in [2.45, 2.75) is 4.90 Å². The van der Waals surface area contributed by atoms with E-state index in [0.717, 1.165) is 11.3 Å². The maximum absolute atomic E-state index is 12.4. The van der Waals surface area contributed by atoms with Crippen LogP contribution in [0, 0.1) is 0 Å². The highest BCUT2D eigenvalue weighted by Crippen LogP contribution is 2.35. The van der Waals surface area contributed by atoms with Crippen LogP contribution in [0.4, 0.5) is 16.5 Å². The number of phenols is 1. The zero-order chi connectivity index (χ0) is 22.0. The van der Waals surface area contributed by atoms with Crippen LogP contribution in [0.1, 0.15) is 10.4 Å². The van der Waals surface area contributed by atoms with Gasteiger partial charge in [-0.2, -0.15) is 5.11 Å². The summed E-state index contributed by atoms with van der Waals surface area (Å²) in [5.41, 5.74) is 0.275. The fourth-order valence-electron chi connectivity index (χ4n) is 2.71. The Morgan fingerprint density at radius 1 is 1.06 bits per heavy atom. The number of benzene rings is 2. The van der Waals surface area contributed by atoms with Gasteiger partial charge in [0.05, 0.1) is 16.3 Å². The Bertz CT molecular complexity index is 1400. The van der Waals surface area contributed by atoms with E-state index in [-0.39, 0.29) is 26.8 Å². The molecule has 0 spiro atoms. The van der Waals surface area contributed by atoms with Crippen molar-refractivity contribution in [2.75, 3.05) is 4.72 Å². The van der Waals surface area contributed by atoms with Crippen molar-refractivity contribution in [3.05, 3.63) is 65.8 Å². The van der Waals surface area contributed by atoms with Gasteiger partial charge >= 0.3 is 5.97 Å². The summed E-state index contributed by atoms with van der Waals surface area (Å²) in [4.78, 5) is 19.3. The summed E-state index contributed by atoms with van der Waals surface area (Å²) in [6.07, 6.45) is 2.91. The lowest BCUT2D eigenvalue weighted by Crippen LogP contribution is -2.12. The molecule has 2 heterocycles. The smallest absolute Gasteiger partial charge is 0.339 e. The molecule has 0 aliphatic heterocycles. The first kappa shape index (κ1) is 20.4. The Kier molecular flexibility index (Phi) is 5.31. The minimum atomic E-state index is -3.79. The van der Waals surface area contributed by atoms with Gasteiger partial charge in [0.1, 0.15) is 11.1 Å². The summed E-state index contributed by atoms with van der Waals surface area (Å²) in [6, 6.07) is 10.1. The number of anilines is 1. The lowest BCUT2D eigenvalue weighted by molar-refractivity contribution is 0.0694. The van der Waals surface area contributed by atoms with E-state index in [1.807, 2.05) is 0 Å². The zero-order valence-electron chi connectivity index (χ0n) is 15.5. The second-order valence-corrected chi connectivity index (χ2v) is 8.71. The molecule has 2 aromatic carbocycles. The first-order valence-electron chi connectivity index (χ1n) is 8.63. The molecule has 0 saturated heterocycles. The van der Waals surface area contributed by atoms with E-state index in [2.05, 4.69) is 24.9 Å². The monoisotopic (exact) mass is 455 g/mol. The van der Waals surface area contributed by atoms with Crippen LogP contribution in [-0.4, -0.2) is 34.6 Å². The lowest BCUT2D eigenvalue weighted by atomic mass is 10.1. The number of sulfonamides is 1. The van der Waals surface area contributed by atoms with E-state index in [1.165, 1.54) is 42.7 Å². The molecule has 0 aliphatic carbocycles. The number of aromatic carboxylic acids is 1. The van der Waals surface area contributed by atoms with E-state index in [1.54, 1.807) is 17.5 Å². The van der Waals surface area contributed by atoms with Gasteiger partial charge in [0, 0.05) is 23.2 Å². The maximum atomic E-state index is 12.4. The van der Waals surface area contributed by atoms with Gasteiger partial charge in [-0.25, -0.2) is 18.2 Å². The highest BCUT2D eigenvalue weighted by atomic mass is 32.2. The van der Waals surface area contributed by atoms with Crippen LogP contribution in [0.3, 0.4) is 0 Å². The van der Waals surface area contributed by atoms with E-state index in [4.69, 9.17) is 0 Å². The molecule has 0 fully saturated rings. The molecule has 10 nitrogen and oxygen atoms in total. The van der Waals surface area contributed by atoms with Crippen molar-refractivity contribution in [1.29, 1.82) is 0 Å². The van der Waals surface area contributed by atoms with Crippen LogP contribution >= 0.6 is 11.3 Å². The molecule has 0 bridgehead atoms. The normalized spacial score (nSPS) is 11.7. The van der Waals surface area contributed by atoms with Crippen molar-refractivity contribution in [1.82, 2.24) is 9.97 Å². The number of hydrogen-bond donors (Lipinski definition) is 3. The van der Waals surface area contributed by atoms with Crippen molar-refractivity contribution >= 4 is 54.7 Å². The number of aromatic hydroxyl groups is 1. The fraction of sp³-hybridized carbons (Fsp3) is 0. The quantitative estimate of drug-likeness (QED) is 0.366. The van der Waals surface area contributed by atoms with Crippen molar-refractivity contribution in [3.8, 4) is 5.75 Å². The molecule has 4 aromatic rings. The molecule has 0 atom stereocenters. The van der Waals surface area contributed by atoms with E-state index >= 15 is 0 Å². The van der Waals surface area contributed by atoms with Crippen LogP contribution in [0.15, 0.2) is 75.4 Å². The van der Waals surface area contributed by atoms with Gasteiger partial charge in [0.15, 0.2) is 10.9 Å². The van der Waals surface area contributed by atoms with E-state index in [0.29, 0.717) is 11.1 Å². The number of rotatable bonds is 6.